The predicted molar refractivity (Wildman–Crippen MR) is 36.2 cm³/mol. The van der Waals surface area contributed by atoms with Crippen LogP contribution in [0.1, 0.15) is 10.6 Å². The molecule has 1 amide bonds. The summed E-state index contributed by atoms with van der Waals surface area (Å²) in [6.45, 7) is -0.333. The Morgan fingerprint density at radius 2 is 2.33 bits per heavy atom. The molecule has 1 rings (SSSR count). The molecule has 3 N–H and O–H groups in total. The van der Waals surface area contributed by atoms with Gasteiger partial charge in [-0.05, 0) is 0 Å². The monoisotopic (exact) mass is 170 g/mol. The lowest BCUT2D eigenvalue weighted by Gasteiger charge is -1.91. The molecule has 0 aliphatic carbocycles. The van der Waals surface area contributed by atoms with E-state index >= 15 is 0 Å². The second kappa shape index (κ2) is 2.99. The summed E-state index contributed by atoms with van der Waals surface area (Å²) >= 11 is 0. The summed E-state index contributed by atoms with van der Waals surface area (Å²) < 4.78 is 1.02. The molecular formula is C5H6N4O3. The molecule has 0 atom stereocenters. The van der Waals surface area contributed by atoms with Gasteiger partial charge in [0.25, 0.3) is 5.91 Å². The molecule has 0 saturated carbocycles. The van der Waals surface area contributed by atoms with E-state index in [-0.39, 0.29) is 12.4 Å². The van der Waals surface area contributed by atoms with E-state index in [2.05, 4.69) is 10.1 Å². The van der Waals surface area contributed by atoms with Gasteiger partial charge in [-0.15, -0.1) is 5.10 Å². The van der Waals surface area contributed by atoms with Gasteiger partial charge in [0.05, 0.1) is 0 Å². The average molecular weight is 170 g/mol. The van der Waals surface area contributed by atoms with Gasteiger partial charge in [0.1, 0.15) is 12.9 Å². The molecule has 64 valence electrons. The minimum Gasteiger partial charge on any atom is -0.480 e. The van der Waals surface area contributed by atoms with Gasteiger partial charge in [-0.1, -0.05) is 0 Å². The maximum Gasteiger partial charge on any atom is 0.325 e. The molecule has 1 aromatic rings. The number of carbonyl (C=O) groups is 2. The van der Waals surface area contributed by atoms with Gasteiger partial charge in [0.15, 0.2) is 0 Å². The van der Waals surface area contributed by atoms with Crippen molar-refractivity contribution in [3.63, 3.8) is 0 Å². The van der Waals surface area contributed by atoms with Crippen LogP contribution in [0.4, 0.5) is 0 Å². The summed E-state index contributed by atoms with van der Waals surface area (Å²) in [6, 6.07) is 0. The van der Waals surface area contributed by atoms with Gasteiger partial charge >= 0.3 is 5.97 Å². The Balaban J connectivity index is 2.77. The highest BCUT2D eigenvalue weighted by Gasteiger charge is 2.07. The zero-order valence-corrected chi connectivity index (χ0v) is 5.97. The van der Waals surface area contributed by atoms with E-state index in [1.807, 2.05) is 0 Å². The van der Waals surface area contributed by atoms with Crippen LogP contribution in [-0.2, 0) is 11.3 Å². The van der Waals surface area contributed by atoms with E-state index < -0.39 is 11.9 Å². The van der Waals surface area contributed by atoms with Gasteiger partial charge in [-0.25, -0.2) is 9.67 Å². The number of amides is 1. The van der Waals surface area contributed by atoms with Crippen LogP contribution >= 0.6 is 0 Å². The number of aliphatic carboxylic acids is 1. The van der Waals surface area contributed by atoms with Crippen molar-refractivity contribution in [2.75, 3.05) is 0 Å². The Morgan fingerprint density at radius 3 is 2.75 bits per heavy atom. The third kappa shape index (κ3) is 1.78. The fourth-order valence-corrected chi connectivity index (χ4v) is 0.622. The topological polar surface area (TPSA) is 111 Å². The molecule has 1 aromatic heterocycles. The standard InChI is InChI=1S/C5H6N4O3/c6-4(12)5-7-2-9(8-5)1-3(10)11/h2H,1H2,(H2,6,12)(H,10,11). The third-order valence-corrected chi connectivity index (χ3v) is 1.05. The number of rotatable bonds is 3. The number of hydrogen-bond donors (Lipinski definition) is 2. The molecule has 0 fully saturated rings. The molecular weight excluding hydrogens is 164 g/mol. The molecule has 0 aromatic carbocycles. The molecule has 12 heavy (non-hydrogen) atoms. The zero-order chi connectivity index (χ0) is 9.14. The van der Waals surface area contributed by atoms with Crippen LogP contribution in [-0.4, -0.2) is 31.7 Å². The maximum atomic E-state index is 10.4. The van der Waals surface area contributed by atoms with Crippen LogP contribution in [0.3, 0.4) is 0 Å². The molecule has 0 aliphatic heterocycles. The van der Waals surface area contributed by atoms with Crippen molar-refractivity contribution < 1.29 is 14.7 Å². The SMILES string of the molecule is NC(=O)c1ncn(CC(=O)O)n1. The fraction of sp³-hybridized carbons (Fsp3) is 0.200. The summed E-state index contributed by atoms with van der Waals surface area (Å²) in [6.07, 6.45) is 1.13. The highest BCUT2D eigenvalue weighted by Crippen LogP contribution is 1.87. The molecule has 0 saturated heterocycles. The largest absolute Gasteiger partial charge is 0.480 e. The third-order valence-electron chi connectivity index (χ3n) is 1.05. The lowest BCUT2D eigenvalue weighted by atomic mass is 10.6. The van der Waals surface area contributed by atoms with Crippen LogP contribution in [0.5, 0.6) is 0 Å². The normalized spacial score (nSPS) is 9.67. The number of primary amides is 1. The number of nitrogens with two attached hydrogens (primary N) is 1. The lowest BCUT2D eigenvalue weighted by molar-refractivity contribution is -0.137. The predicted octanol–water partition coefficient (Wildman–Crippen LogP) is -1.54. The second-order valence-corrected chi connectivity index (χ2v) is 2.02. The number of carboxylic acids is 1. The first-order valence-electron chi connectivity index (χ1n) is 3.00. The van der Waals surface area contributed by atoms with Gasteiger partial charge in [-0.2, -0.15) is 0 Å². The summed E-state index contributed by atoms with van der Waals surface area (Å²) in [5, 5.41) is 11.8. The molecule has 0 unspecified atom stereocenters. The number of hydrogen-bond acceptors (Lipinski definition) is 4. The first kappa shape index (κ1) is 8.18. The Morgan fingerprint density at radius 1 is 1.67 bits per heavy atom. The summed E-state index contributed by atoms with van der Waals surface area (Å²) in [4.78, 5) is 24.1. The van der Waals surface area contributed by atoms with E-state index in [0.29, 0.717) is 0 Å². The average Bonchev–Trinajstić information content (AvgIpc) is 2.34. The van der Waals surface area contributed by atoms with Crippen LogP contribution in [0.15, 0.2) is 6.33 Å². The van der Waals surface area contributed by atoms with E-state index in [1.165, 1.54) is 0 Å². The smallest absolute Gasteiger partial charge is 0.325 e. The highest BCUT2D eigenvalue weighted by atomic mass is 16.4. The van der Waals surface area contributed by atoms with Crippen molar-refractivity contribution in [1.29, 1.82) is 0 Å². The van der Waals surface area contributed by atoms with Crippen LogP contribution in [0, 0.1) is 0 Å². The van der Waals surface area contributed by atoms with Crippen molar-refractivity contribution in [2.45, 2.75) is 6.54 Å². The van der Waals surface area contributed by atoms with Gasteiger partial charge in [0, 0.05) is 0 Å². The Labute approximate surface area is 66.8 Å². The van der Waals surface area contributed by atoms with Crippen molar-refractivity contribution in [3.05, 3.63) is 12.2 Å². The lowest BCUT2D eigenvalue weighted by Crippen LogP contribution is -2.15. The van der Waals surface area contributed by atoms with E-state index in [1.54, 1.807) is 0 Å². The van der Waals surface area contributed by atoms with Gasteiger partial charge in [-0.3, -0.25) is 9.59 Å². The molecule has 0 aliphatic rings. The summed E-state index contributed by atoms with van der Waals surface area (Å²) in [7, 11) is 0. The van der Waals surface area contributed by atoms with Crippen molar-refractivity contribution >= 4 is 11.9 Å². The van der Waals surface area contributed by atoms with Crippen LogP contribution in [0.25, 0.3) is 0 Å². The highest BCUT2D eigenvalue weighted by molar-refractivity contribution is 5.88. The fourth-order valence-electron chi connectivity index (χ4n) is 0.622. The Hall–Kier alpha value is -1.92. The maximum absolute atomic E-state index is 10.4. The second-order valence-electron chi connectivity index (χ2n) is 2.02. The van der Waals surface area contributed by atoms with Gasteiger partial charge < -0.3 is 10.8 Å². The molecule has 0 radical (unpaired) electrons. The van der Waals surface area contributed by atoms with E-state index in [4.69, 9.17) is 10.8 Å². The quantitative estimate of drug-likeness (QED) is 0.571. The molecule has 0 bridgehead atoms. The van der Waals surface area contributed by atoms with Crippen molar-refractivity contribution in [3.8, 4) is 0 Å². The first-order valence-corrected chi connectivity index (χ1v) is 3.00. The zero-order valence-electron chi connectivity index (χ0n) is 5.97. The van der Waals surface area contributed by atoms with Gasteiger partial charge in [0.2, 0.25) is 5.82 Å². The molecule has 7 nitrogen and oxygen atoms in total. The number of nitrogens with zero attached hydrogens (tertiary/aromatic N) is 3. The first-order chi connectivity index (χ1) is 5.59. The summed E-state index contributed by atoms with van der Waals surface area (Å²) in [5.41, 5.74) is 4.83. The Kier molecular flexibility index (Phi) is 2.04. The molecule has 1 heterocycles. The minimum atomic E-state index is -1.06. The Bertz CT molecular complexity index is 318. The molecule has 0 spiro atoms. The number of carbonyl (C=O) groups excluding carboxylic acids is 1. The minimum absolute atomic E-state index is 0.184. The van der Waals surface area contributed by atoms with Crippen LogP contribution < -0.4 is 5.73 Å². The molecule has 7 heteroatoms. The van der Waals surface area contributed by atoms with E-state index in [0.717, 1.165) is 11.0 Å². The summed E-state index contributed by atoms with van der Waals surface area (Å²) in [5.74, 6) is -2.02. The van der Waals surface area contributed by atoms with E-state index in [9.17, 15) is 9.59 Å². The van der Waals surface area contributed by atoms with Crippen molar-refractivity contribution in [2.24, 2.45) is 5.73 Å². The number of carboxylic acid groups (broad SMARTS) is 1. The number of aromatic nitrogens is 3. The van der Waals surface area contributed by atoms with Crippen molar-refractivity contribution in [1.82, 2.24) is 14.8 Å². The van der Waals surface area contributed by atoms with Crippen LogP contribution in [0.2, 0.25) is 0 Å².